The summed E-state index contributed by atoms with van der Waals surface area (Å²) in [5.74, 6) is 1.49. The molecular formula is C13H16N2O. The van der Waals surface area contributed by atoms with Gasteiger partial charge in [-0.25, -0.2) is 0 Å². The summed E-state index contributed by atoms with van der Waals surface area (Å²) in [6.45, 7) is 5.10. The predicted octanol–water partition coefficient (Wildman–Crippen LogP) is 2.78. The lowest BCUT2D eigenvalue weighted by Crippen LogP contribution is -2.32. The molecule has 0 amide bonds. The molecule has 3 nitrogen and oxygen atoms in total. The fourth-order valence-corrected chi connectivity index (χ4v) is 1.99. The van der Waals surface area contributed by atoms with Gasteiger partial charge in [0.25, 0.3) is 0 Å². The van der Waals surface area contributed by atoms with Crippen LogP contribution in [0, 0.1) is 17.2 Å². The van der Waals surface area contributed by atoms with Crippen LogP contribution in [-0.2, 0) is 0 Å². The van der Waals surface area contributed by atoms with Crippen molar-refractivity contribution in [1.82, 2.24) is 0 Å². The number of hydrogen-bond donors (Lipinski definition) is 1. The number of rotatable bonds is 2. The van der Waals surface area contributed by atoms with E-state index in [4.69, 9.17) is 10.00 Å². The summed E-state index contributed by atoms with van der Waals surface area (Å²) in [5, 5.41) is 12.3. The van der Waals surface area contributed by atoms with Gasteiger partial charge in [0.2, 0.25) is 0 Å². The molecule has 84 valence electrons. The Kier molecular flexibility index (Phi) is 3.00. The maximum atomic E-state index is 8.83. The van der Waals surface area contributed by atoms with Gasteiger partial charge in [-0.15, -0.1) is 0 Å². The summed E-state index contributed by atoms with van der Waals surface area (Å²) in [5.41, 5.74) is 1.61. The number of fused-ring (bicyclic) bond motifs is 1. The topological polar surface area (TPSA) is 45.0 Å². The van der Waals surface area contributed by atoms with Crippen LogP contribution in [0.25, 0.3) is 0 Å². The molecule has 0 bridgehead atoms. The monoisotopic (exact) mass is 216 g/mol. The standard InChI is InChI=1S/C13H16N2O/c1-9(2)5-11-8-16-13-4-3-10(7-14)6-12(13)15-11/h3-4,6,9,11,15H,5,8H2,1-2H3. The summed E-state index contributed by atoms with van der Waals surface area (Å²) >= 11 is 0. The molecule has 1 atom stereocenters. The highest BCUT2D eigenvalue weighted by molar-refractivity contribution is 5.61. The summed E-state index contributed by atoms with van der Waals surface area (Å²) in [4.78, 5) is 0. The first-order valence-corrected chi connectivity index (χ1v) is 5.62. The largest absolute Gasteiger partial charge is 0.489 e. The van der Waals surface area contributed by atoms with Gasteiger partial charge < -0.3 is 10.1 Å². The quantitative estimate of drug-likeness (QED) is 0.826. The zero-order valence-electron chi connectivity index (χ0n) is 9.66. The molecule has 1 aromatic carbocycles. The smallest absolute Gasteiger partial charge is 0.142 e. The number of nitriles is 1. The van der Waals surface area contributed by atoms with Crippen molar-refractivity contribution in [3.8, 4) is 11.8 Å². The van der Waals surface area contributed by atoms with E-state index in [1.807, 2.05) is 12.1 Å². The van der Waals surface area contributed by atoms with E-state index in [-0.39, 0.29) is 0 Å². The van der Waals surface area contributed by atoms with Crippen LogP contribution in [0.2, 0.25) is 0 Å². The lowest BCUT2D eigenvalue weighted by Gasteiger charge is -2.28. The molecule has 1 aromatic rings. The fraction of sp³-hybridized carbons (Fsp3) is 0.462. The number of ether oxygens (including phenoxy) is 1. The third-order valence-electron chi connectivity index (χ3n) is 2.66. The number of anilines is 1. The molecule has 0 radical (unpaired) electrons. The van der Waals surface area contributed by atoms with Gasteiger partial charge in [0.05, 0.1) is 23.4 Å². The zero-order valence-corrected chi connectivity index (χ0v) is 9.66. The fourth-order valence-electron chi connectivity index (χ4n) is 1.99. The SMILES string of the molecule is CC(C)CC1COc2ccc(C#N)cc2N1. The lowest BCUT2D eigenvalue weighted by molar-refractivity contribution is 0.268. The zero-order chi connectivity index (χ0) is 11.5. The molecule has 1 heterocycles. The average Bonchev–Trinajstić information content (AvgIpc) is 2.27. The Morgan fingerprint density at radius 1 is 1.56 bits per heavy atom. The number of benzene rings is 1. The lowest BCUT2D eigenvalue weighted by atomic mass is 10.0. The second-order valence-electron chi connectivity index (χ2n) is 4.60. The molecule has 0 aromatic heterocycles. The van der Waals surface area contributed by atoms with E-state index >= 15 is 0 Å². The van der Waals surface area contributed by atoms with Gasteiger partial charge in [-0.2, -0.15) is 5.26 Å². The van der Waals surface area contributed by atoms with Crippen LogP contribution in [0.3, 0.4) is 0 Å². The third kappa shape index (κ3) is 2.27. The van der Waals surface area contributed by atoms with Crippen molar-refractivity contribution in [2.75, 3.05) is 11.9 Å². The normalized spacial score (nSPS) is 18.2. The van der Waals surface area contributed by atoms with E-state index in [2.05, 4.69) is 25.2 Å². The van der Waals surface area contributed by atoms with Gasteiger partial charge in [-0.05, 0) is 30.5 Å². The van der Waals surface area contributed by atoms with Crippen LogP contribution in [0.4, 0.5) is 5.69 Å². The van der Waals surface area contributed by atoms with E-state index in [0.29, 0.717) is 24.1 Å². The van der Waals surface area contributed by atoms with Crippen molar-refractivity contribution in [2.45, 2.75) is 26.3 Å². The Labute approximate surface area is 96.0 Å². The van der Waals surface area contributed by atoms with Gasteiger partial charge >= 0.3 is 0 Å². The minimum Gasteiger partial charge on any atom is -0.489 e. The van der Waals surface area contributed by atoms with Crippen molar-refractivity contribution in [3.05, 3.63) is 23.8 Å². The van der Waals surface area contributed by atoms with Gasteiger partial charge in [0.15, 0.2) is 0 Å². The molecule has 16 heavy (non-hydrogen) atoms. The molecule has 1 aliphatic heterocycles. The summed E-state index contributed by atoms with van der Waals surface area (Å²) in [6.07, 6.45) is 1.08. The van der Waals surface area contributed by atoms with Crippen molar-refractivity contribution >= 4 is 5.69 Å². The molecule has 1 N–H and O–H groups in total. The highest BCUT2D eigenvalue weighted by Gasteiger charge is 2.19. The Balaban J connectivity index is 2.16. The van der Waals surface area contributed by atoms with E-state index < -0.39 is 0 Å². The molecule has 0 spiro atoms. The van der Waals surface area contributed by atoms with Crippen LogP contribution in [0.15, 0.2) is 18.2 Å². The minimum atomic E-state index is 0.349. The average molecular weight is 216 g/mol. The van der Waals surface area contributed by atoms with E-state index in [9.17, 15) is 0 Å². The Morgan fingerprint density at radius 2 is 2.38 bits per heavy atom. The van der Waals surface area contributed by atoms with E-state index in [1.165, 1.54) is 0 Å². The highest BCUT2D eigenvalue weighted by atomic mass is 16.5. The number of hydrogen-bond acceptors (Lipinski definition) is 3. The van der Waals surface area contributed by atoms with Crippen LogP contribution in [-0.4, -0.2) is 12.6 Å². The first-order chi connectivity index (χ1) is 7.69. The molecule has 0 saturated heterocycles. The Bertz CT molecular complexity index is 420. The van der Waals surface area contributed by atoms with Gasteiger partial charge in [-0.1, -0.05) is 13.8 Å². The first kappa shape index (κ1) is 10.8. The summed E-state index contributed by atoms with van der Waals surface area (Å²) in [7, 11) is 0. The molecular weight excluding hydrogens is 200 g/mol. The molecule has 0 aliphatic carbocycles. The van der Waals surface area contributed by atoms with Gasteiger partial charge in [0.1, 0.15) is 12.4 Å². The second kappa shape index (κ2) is 4.44. The van der Waals surface area contributed by atoms with Crippen LogP contribution < -0.4 is 10.1 Å². The van der Waals surface area contributed by atoms with Crippen molar-refractivity contribution < 1.29 is 4.74 Å². The minimum absolute atomic E-state index is 0.349. The highest BCUT2D eigenvalue weighted by Crippen LogP contribution is 2.30. The van der Waals surface area contributed by atoms with Crippen LogP contribution >= 0.6 is 0 Å². The van der Waals surface area contributed by atoms with Gasteiger partial charge in [-0.3, -0.25) is 0 Å². The maximum absolute atomic E-state index is 8.83. The molecule has 1 unspecified atom stereocenters. The maximum Gasteiger partial charge on any atom is 0.142 e. The Morgan fingerprint density at radius 3 is 3.06 bits per heavy atom. The van der Waals surface area contributed by atoms with Crippen LogP contribution in [0.1, 0.15) is 25.8 Å². The van der Waals surface area contributed by atoms with Crippen molar-refractivity contribution in [3.63, 3.8) is 0 Å². The summed E-state index contributed by atoms with van der Waals surface area (Å²) in [6, 6.07) is 7.97. The molecule has 3 heteroatoms. The second-order valence-corrected chi connectivity index (χ2v) is 4.60. The van der Waals surface area contributed by atoms with Crippen molar-refractivity contribution in [1.29, 1.82) is 5.26 Å². The first-order valence-electron chi connectivity index (χ1n) is 5.62. The van der Waals surface area contributed by atoms with Crippen molar-refractivity contribution in [2.24, 2.45) is 5.92 Å². The van der Waals surface area contributed by atoms with Gasteiger partial charge in [0, 0.05) is 0 Å². The summed E-state index contributed by atoms with van der Waals surface area (Å²) < 4.78 is 5.66. The Hall–Kier alpha value is -1.69. The molecule has 0 saturated carbocycles. The van der Waals surface area contributed by atoms with E-state index in [1.54, 1.807) is 6.07 Å². The van der Waals surface area contributed by atoms with Crippen LogP contribution in [0.5, 0.6) is 5.75 Å². The predicted molar refractivity (Wildman–Crippen MR) is 63.5 cm³/mol. The molecule has 0 fully saturated rings. The van der Waals surface area contributed by atoms with E-state index in [0.717, 1.165) is 17.9 Å². The molecule has 2 rings (SSSR count). The number of nitrogens with zero attached hydrogens (tertiary/aromatic N) is 1. The third-order valence-corrected chi connectivity index (χ3v) is 2.66. The molecule has 1 aliphatic rings. The number of nitrogens with one attached hydrogen (secondary N) is 1.